The van der Waals surface area contributed by atoms with E-state index in [-0.39, 0.29) is 0 Å². The van der Waals surface area contributed by atoms with E-state index in [4.69, 9.17) is 11.5 Å². The van der Waals surface area contributed by atoms with Crippen molar-refractivity contribution < 1.29 is 4.79 Å². The first-order valence-electron chi connectivity index (χ1n) is 3.77. The van der Waals surface area contributed by atoms with Crippen molar-refractivity contribution in [3.63, 3.8) is 0 Å². The quantitative estimate of drug-likeness (QED) is 0.720. The van der Waals surface area contributed by atoms with Crippen molar-refractivity contribution in [1.82, 2.24) is 0 Å². The molecule has 4 heteroatoms. The topological polar surface area (TPSA) is 69.1 Å². The number of amides is 1. The monoisotopic (exact) mass is 192 g/mol. The first-order chi connectivity index (χ1) is 6.20. The smallest absolute Gasteiger partial charge is 0.259 e. The number of carbonyl (C=O) groups excluding carboxylic acids is 1. The van der Waals surface area contributed by atoms with Crippen LogP contribution in [0.4, 0.5) is 5.00 Å². The van der Waals surface area contributed by atoms with Crippen LogP contribution in [0.2, 0.25) is 0 Å². The number of anilines is 1. The van der Waals surface area contributed by atoms with Gasteiger partial charge in [0.25, 0.3) is 5.91 Å². The molecule has 13 heavy (non-hydrogen) atoms. The molecule has 0 fully saturated rings. The summed E-state index contributed by atoms with van der Waals surface area (Å²) < 4.78 is 0. The van der Waals surface area contributed by atoms with Gasteiger partial charge in [0.05, 0.1) is 5.00 Å². The van der Waals surface area contributed by atoms with Gasteiger partial charge in [-0.05, 0) is 0 Å². The molecule has 0 aliphatic heterocycles. The van der Waals surface area contributed by atoms with Crippen molar-refractivity contribution in [3.05, 3.63) is 29.1 Å². The molecule has 2 rings (SSSR count). The Morgan fingerprint density at radius 2 is 1.85 bits per heavy atom. The highest BCUT2D eigenvalue weighted by Crippen LogP contribution is 2.32. The van der Waals surface area contributed by atoms with Crippen LogP contribution in [0.1, 0.15) is 9.67 Å². The highest BCUT2D eigenvalue weighted by atomic mass is 32.1. The van der Waals surface area contributed by atoms with Crippen LogP contribution in [-0.4, -0.2) is 5.91 Å². The van der Waals surface area contributed by atoms with E-state index in [1.54, 1.807) is 0 Å². The zero-order valence-corrected chi connectivity index (χ0v) is 7.60. The lowest BCUT2D eigenvalue weighted by Gasteiger charge is -1.90. The Kier molecular flexibility index (Phi) is 1.70. The Hall–Kier alpha value is -1.55. The second-order valence-corrected chi connectivity index (χ2v) is 3.76. The van der Waals surface area contributed by atoms with Gasteiger partial charge in [0.1, 0.15) is 4.88 Å². The summed E-state index contributed by atoms with van der Waals surface area (Å²) in [5, 5.41) is 2.39. The van der Waals surface area contributed by atoms with E-state index in [0.29, 0.717) is 9.88 Å². The maximum absolute atomic E-state index is 11.0. The number of nitrogens with two attached hydrogens (primary N) is 2. The SMILES string of the molecule is NC(=O)c1sc(N)c2ccccc12. The molecular formula is C9H8N2OS. The minimum absolute atomic E-state index is 0.419. The highest BCUT2D eigenvalue weighted by Gasteiger charge is 2.11. The van der Waals surface area contributed by atoms with Gasteiger partial charge in [-0.1, -0.05) is 24.3 Å². The van der Waals surface area contributed by atoms with Crippen LogP contribution < -0.4 is 11.5 Å². The van der Waals surface area contributed by atoms with Crippen LogP contribution in [0.25, 0.3) is 10.8 Å². The Morgan fingerprint density at radius 3 is 2.46 bits per heavy atom. The zero-order valence-electron chi connectivity index (χ0n) is 6.78. The van der Waals surface area contributed by atoms with Crippen LogP contribution in [0.15, 0.2) is 24.3 Å². The summed E-state index contributed by atoms with van der Waals surface area (Å²) in [6.45, 7) is 0. The molecule has 66 valence electrons. The van der Waals surface area contributed by atoms with Crippen LogP contribution in [0.5, 0.6) is 0 Å². The summed E-state index contributed by atoms with van der Waals surface area (Å²) >= 11 is 1.24. The third-order valence-corrected chi connectivity index (χ3v) is 2.94. The second-order valence-electron chi connectivity index (χ2n) is 2.71. The molecule has 0 spiro atoms. The standard InChI is InChI=1S/C9H8N2OS/c10-8(12)7-5-3-1-2-4-6(5)9(11)13-7/h1-4H,11H2,(H2,10,12). The van der Waals surface area contributed by atoms with Crippen molar-refractivity contribution in [3.8, 4) is 0 Å². The fourth-order valence-corrected chi connectivity index (χ4v) is 2.20. The van der Waals surface area contributed by atoms with Gasteiger partial charge in [-0.25, -0.2) is 0 Å². The van der Waals surface area contributed by atoms with E-state index in [1.165, 1.54) is 11.3 Å². The molecule has 2 aromatic rings. The molecule has 4 N–H and O–H groups in total. The Labute approximate surface area is 79.0 Å². The third-order valence-electron chi connectivity index (χ3n) is 1.87. The number of hydrogen-bond donors (Lipinski definition) is 2. The lowest BCUT2D eigenvalue weighted by Crippen LogP contribution is -2.08. The summed E-state index contributed by atoms with van der Waals surface area (Å²) in [4.78, 5) is 11.5. The van der Waals surface area contributed by atoms with Gasteiger partial charge in [0, 0.05) is 10.8 Å². The molecule has 0 saturated heterocycles. The van der Waals surface area contributed by atoms with E-state index >= 15 is 0 Å². The van der Waals surface area contributed by atoms with E-state index in [2.05, 4.69) is 0 Å². The summed E-state index contributed by atoms with van der Waals surface area (Å²) in [6, 6.07) is 7.48. The minimum atomic E-state index is -0.419. The summed E-state index contributed by atoms with van der Waals surface area (Å²) in [5.41, 5.74) is 10.9. The first-order valence-corrected chi connectivity index (χ1v) is 4.58. The van der Waals surface area contributed by atoms with Gasteiger partial charge >= 0.3 is 0 Å². The average molecular weight is 192 g/mol. The van der Waals surface area contributed by atoms with Crippen LogP contribution in [-0.2, 0) is 0 Å². The fourth-order valence-electron chi connectivity index (χ4n) is 1.30. The van der Waals surface area contributed by atoms with Crippen molar-refractivity contribution in [1.29, 1.82) is 0 Å². The van der Waals surface area contributed by atoms with Crippen molar-refractivity contribution in [2.75, 3.05) is 5.73 Å². The molecule has 0 atom stereocenters. The first kappa shape index (κ1) is 8.07. The number of rotatable bonds is 1. The highest BCUT2D eigenvalue weighted by molar-refractivity contribution is 7.19. The van der Waals surface area contributed by atoms with Gasteiger partial charge in [-0.2, -0.15) is 0 Å². The van der Waals surface area contributed by atoms with Gasteiger partial charge in [0.2, 0.25) is 0 Å². The number of hydrogen-bond acceptors (Lipinski definition) is 3. The van der Waals surface area contributed by atoms with Gasteiger partial charge < -0.3 is 11.5 Å². The van der Waals surface area contributed by atoms with Crippen LogP contribution >= 0.6 is 11.3 Å². The lowest BCUT2D eigenvalue weighted by molar-refractivity contribution is 0.101. The van der Waals surface area contributed by atoms with Crippen molar-refractivity contribution >= 4 is 33.0 Å². The summed E-state index contributed by atoms with van der Waals surface area (Å²) in [5.74, 6) is -0.419. The molecule has 1 aromatic carbocycles. The summed E-state index contributed by atoms with van der Waals surface area (Å²) in [6.07, 6.45) is 0. The van der Waals surface area contributed by atoms with Crippen molar-refractivity contribution in [2.24, 2.45) is 5.73 Å². The van der Waals surface area contributed by atoms with Crippen LogP contribution in [0, 0.1) is 0 Å². The zero-order chi connectivity index (χ0) is 9.42. The van der Waals surface area contributed by atoms with Gasteiger partial charge in [-0.15, -0.1) is 11.3 Å². The number of nitrogen functional groups attached to an aromatic ring is 1. The predicted octanol–water partition coefficient (Wildman–Crippen LogP) is 1.58. The van der Waals surface area contributed by atoms with Gasteiger partial charge in [0.15, 0.2) is 0 Å². The number of primary amides is 1. The number of benzene rings is 1. The Bertz CT molecular complexity index is 475. The maximum Gasteiger partial charge on any atom is 0.259 e. The van der Waals surface area contributed by atoms with Crippen LogP contribution in [0.3, 0.4) is 0 Å². The Balaban J connectivity index is 2.85. The van der Waals surface area contributed by atoms with E-state index < -0.39 is 5.91 Å². The van der Waals surface area contributed by atoms with E-state index in [1.807, 2.05) is 24.3 Å². The molecule has 0 saturated carbocycles. The molecule has 1 heterocycles. The molecular weight excluding hydrogens is 184 g/mol. The number of fused-ring (bicyclic) bond motifs is 1. The number of thiophene rings is 1. The molecule has 0 unspecified atom stereocenters. The Morgan fingerprint density at radius 1 is 1.23 bits per heavy atom. The molecule has 0 aliphatic carbocycles. The maximum atomic E-state index is 11.0. The molecule has 0 bridgehead atoms. The predicted molar refractivity (Wildman–Crippen MR) is 54.8 cm³/mol. The molecule has 3 nitrogen and oxygen atoms in total. The molecule has 0 aliphatic rings. The van der Waals surface area contributed by atoms with E-state index in [9.17, 15) is 4.79 Å². The minimum Gasteiger partial charge on any atom is -0.390 e. The lowest BCUT2D eigenvalue weighted by atomic mass is 10.2. The van der Waals surface area contributed by atoms with E-state index in [0.717, 1.165) is 10.8 Å². The fraction of sp³-hybridized carbons (Fsp3) is 0. The van der Waals surface area contributed by atoms with Gasteiger partial charge in [-0.3, -0.25) is 4.79 Å². The molecule has 1 amide bonds. The normalized spacial score (nSPS) is 10.5. The second kappa shape index (κ2) is 2.74. The van der Waals surface area contributed by atoms with Crippen molar-refractivity contribution in [2.45, 2.75) is 0 Å². The summed E-state index contributed by atoms with van der Waals surface area (Å²) in [7, 11) is 0. The number of carbonyl (C=O) groups is 1. The molecule has 0 radical (unpaired) electrons. The third kappa shape index (κ3) is 1.15. The molecule has 1 aromatic heterocycles. The largest absolute Gasteiger partial charge is 0.390 e. The average Bonchev–Trinajstić information content (AvgIpc) is 2.45.